The summed E-state index contributed by atoms with van der Waals surface area (Å²) >= 11 is 2.42. The Morgan fingerprint density at radius 1 is 0.638 bits per heavy atom. The van der Waals surface area contributed by atoms with Gasteiger partial charge in [-0.1, -0.05) is 71.5 Å². The van der Waals surface area contributed by atoms with Gasteiger partial charge in [-0.25, -0.2) is 0 Å². The van der Waals surface area contributed by atoms with E-state index >= 15 is 0 Å². The van der Waals surface area contributed by atoms with E-state index in [2.05, 4.69) is 73.2 Å². The molecule has 1 saturated carbocycles. The number of carbonyl (C=O) groups is 6. The average molecular weight is 1330 g/mol. The zero-order valence-corrected chi connectivity index (χ0v) is 51.5. The second-order valence-corrected chi connectivity index (χ2v) is 21.7. The summed E-state index contributed by atoms with van der Waals surface area (Å²) in [5.41, 5.74) is -1.98. The van der Waals surface area contributed by atoms with Crippen LogP contribution >= 0.6 is 22.6 Å². The average Bonchev–Trinajstić information content (AvgIpc) is 3.28. The molecule has 0 spiro atoms. The monoisotopic (exact) mass is 1330 g/mol. The maximum Gasteiger partial charge on any atom is 1.00 e. The molecule has 3 saturated heterocycles. The van der Waals surface area contributed by atoms with Crippen LogP contribution in [0, 0.1) is 58.2 Å². The van der Waals surface area contributed by atoms with Crippen molar-refractivity contribution in [1.29, 1.82) is 1.34 Å². The quantitative estimate of drug-likeness (QED) is 0.0354. The van der Waals surface area contributed by atoms with Crippen LogP contribution in [0.5, 0.6) is 0 Å². The third-order valence-electron chi connectivity index (χ3n) is 14.3. The van der Waals surface area contributed by atoms with Crippen LogP contribution in [-0.2, 0) is 43.1 Å². The van der Waals surface area contributed by atoms with Crippen molar-refractivity contribution < 1.29 is 151 Å². The predicted molar refractivity (Wildman–Crippen MR) is 264 cm³/mol. The summed E-state index contributed by atoms with van der Waals surface area (Å²) in [6.45, 7) is 9.36. The summed E-state index contributed by atoms with van der Waals surface area (Å²) in [5.74, 6) is -1.99. The molecule has 4 fully saturated rings. The third-order valence-corrected chi connectivity index (χ3v) is 15.8. The van der Waals surface area contributed by atoms with E-state index in [0.29, 0.717) is 23.2 Å². The van der Waals surface area contributed by atoms with Crippen molar-refractivity contribution >= 4 is 67.3 Å². The number of aliphatic carboxylic acids is 3. The fourth-order valence-electron chi connectivity index (χ4n) is 8.90. The number of alkyl halides is 1. The molecule has 5 aliphatic carbocycles. The minimum atomic E-state index is -0.755. The van der Waals surface area contributed by atoms with Crippen molar-refractivity contribution in [2.75, 3.05) is 0 Å². The van der Waals surface area contributed by atoms with E-state index in [0.717, 1.165) is 116 Å². The van der Waals surface area contributed by atoms with Crippen LogP contribution in [0.2, 0.25) is 0 Å². The van der Waals surface area contributed by atoms with E-state index < -0.39 is 40.3 Å². The van der Waals surface area contributed by atoms with Crippen LogP contribution in [-0.4, -0.2) is 88.7 Å². The number of halogens is 1. The Labute approximate surface area is 494 Å². The number of esters is 2. The molecule has 0 amide bonds. The standard InChI is InChI=1S/C10H15IO2.C10H16O3.C10H14O2.2C10H16O2.CH2O3.BH.K.U/c1-10-5-2-3-7(11)8(4-6-10)13-9(10)12;1-10(9(12)13)6-3-2-4-8(11)5-7-10;1-10-6-3-2-4-8(5-7-10)12-9(10)11;2*1-10(9(11)12)7-5-3-2-4-6-8-10;2-1-4-3;;;/h7-8H,2-6H2,1H3;2,4,8,11H,3,5-7H2,1H3,(H,12,13);2,4,8H,3,5-7H2,1H3;2*2-3H,4-8H2,1H3,(H,11,12);1,3H;1H;;/q;;;;;;;+1;/p-1/b;2*4-2-;2*3-2-;;;;/t7?,8?,10-;8-,10+;8?,10-;;;;;;/m101....../s1/i;;;;;;1D;;. The van der Waals surface area contributed by atoms with E-state index in [1.807, 2.05) is 32.9 Å². The minimum absolute atomic E-state index is 0. The second kappa shape index (κ2) is 35.4. The number of hydrogen-bond acceptors (Lipinski definition) is 11. The van der Waals surface area contributed by atoms with Gasteiger partial charge < -0.3 is 40.0 Å². The summed E-state index contributed by atoms with van der Waals surface area (Å²) in [6, 6.07) is 0. The van der Waals surface area contributed by atoms with Crippen molar-refractivity contribution in [1.82, 2.24) is 0 Å². The van der Waals surface area contributed by atoms with Crippen molar-refractivity contribution in [3.8, 4) is 0 Å². The molecule has 9 aliphatic rings. The molecule has 4 heterocycles. The van der Waals surface area contributed by atoms with Gasteiger partial charge in [-0.05, 0) is 183 Å². The van der Waals surface area contributed by atoms with Gasteiger partial charge in [-0.15, -0.1) is 0 Å². The van der Waals surface area contributed by atoms with Crippen molar-refractivity contribution in [3.63, 3.8) is 0 Å². The van der Waals surface area contributed by atoms with Crippen LogP contribution in [0.15, 0.2) is 48.6 Å². The van der Waals surface area contributed by atoms with Gasteiger partial charge in [0, 0.05) is 43.4 Å². The maximum atomic E-state index is 11.7. The molecule has 9 rings (SSSR count). The van der Waals surface area contributed by atoms with E-state index in [1.165, 1.54) is 12.8 Å². The first-order valence-electron chi connectivity index (χ1n) is 24.5. The molecular formula is C51H79BIKO14U. The van der Waals surface area contributed by atoms with E-state index in [1.54, 1.807) is 13.0 Å². The Hall–Kier alpha value is -0.817. The van der Waals surface area contributed by atoms with Gasteiger partial charge in [-0.2, -0.15) is 0 Å². The zero-order chi connectivity index (χ0) is 51.4. The number of carboxylic acids is 3. The normalized spacial score (nSPS) is 35.1. The molecule has 9 atom stereocenters. The van der Waals surface area contributed by atoms with Crippen molar-refractivity contribution in [3.05, 3.63) is 48.6 Å². The molecule has 5 unspecified atom stereocenters. The summed E-state index contributed by atoms with van der Waals surface area (Å²) in [7, 11) is 3.75. The van der Waals surface area contributed by atoms with E-state index in [4.69, 9.17) is 36.2 Å². The molecule has 0 aromatic carbocycles. The van der Waals surface area contributed by atoms with Crippen molar-refractivity contribution in [2.24, 2.45) is 27.1 Å². The fourth-order valence-corrected chi connectivity index (χ4v) is 9.85. The maximum absolute atomic E-state index is 11.7. The molecule has 382 valence electrons. The fraction of sp³-hybridized carbons (Fsp3) is 0.725. The van der Waals surface area contributed by atoms with Crippen LogP contribution in [0.4, 0.5) is 0 Å². The van der Waals surface area contributed by atoms with Crippen LogP contribution in [0.3, 0.4) is 0 Å². The Balaban J connectivity index is 0. The smallest absolute Gasteiger partial charge is 0.662 e. The van der Waals surface area contributed by atoms with Crippen LogP contribution in [0.25, 0.3) is 0 Å². The Morgan fingerprint density at radius 3 is 1.54 bits per heavy atom. The molecular weight excluding hydrogens is 1250 g/mol. The molecule has 4 aliphatic heterocycles. The Kier molecular flexibility index (Phi) is 35.0. The third kappa shape index (κ3) is 24.8. The summed E-state index contributed by atoms with van der Waals surface area (Å²) in [5, 5.41) is 44.8. The molecule has 2 radical (unpaired) electrons. The zero-order valence-electron chi connectivity index (χ0n) is 43.1. The number of aliphatic hydroxyl groups is 1. The van der Waals surface area contributed by atoms with Crippen molar-refractivity contribution in [2.45, 2.75) is 205 Å². The topological polar surface area (TPSA) is 234 Å². The number of hydrogen-bond donors (Lipinski definition) is 4. The van der Waals surface area contributed by atoms with Gasteiger partial charge in [0.05, 0.1) is 33.2 Å². The summed E-state index contributed by atoms with van der Waals surface area (Å²) in [4.78, 5) is 67.2. The first-order chi connectivity index (χ1) is 32.1. The Bertz CT molecular complexity index is 1670. The first-order valence-corrected chi connectivity index (χ1v) is 25.1. The van der Waals surface area contributed by atoms with Gasteiger partial charge in [0.25, 0.3) is 6.47 Å². The molecule has 4 bridgehead atoms. The number of carbonyl (C=O) groups excluding carboxylic acids is 3. The predicted octanol–water partition coefficient (Wildman–Crippen LogP) is 6.29. The summed E-state index contributed by atoms with van der Waals surface area (Å²) in [6.07, 6.45) is 37.0. The molecule has 69 heavy (non-hydrogen) atoms. The molecule has 18 heteroatoms. The van der Waals surface area contributed by atoms with E-state index in [-0.39, 0.29) is 124 Å². The van der Waals surface area contributed by atoms with Crippen LogP contribution in [0.1, 0.15) is 182 Å². The number of rotatable bonds is 4. The molecule has 0 aromatic heterocycles. The number of ether oxygens (including phenoxy) is 2. The van der Waals surface area contributed by atoms with Gasteiger partial charge in [0.1, 0.15) is 12.2 Å². The largest absolute Gasteiger partial charge is 1.00 e. The first kappa shape index (κ1) is 68.2. The van der Waals surface area contributed by atoms with Gasteiger partial charge in [0.15, 0.2) is 0 Å². The van der Waals surface area contributed by atoms with Crippen LogP contribution < -0.4 is 56.6 Å². The van der Waals surface area contributed by atoms with Gasteiger partial charge >= 0.3 is 81.2 Å². The number of aliphatic hydroxyl groups excluding tert-OH is 1. The van der Waals surface area contributed by atoms with Gasteiger partial charge in [0.2, 0.25) is 0 Å². The van der Waals surface area contributed by atoms with E-state index in [9.17, 15) is 29.1 Å². The molecule has 14 nitrogen and oxygen atoms in total. The summed E-state index contributed by atoms with van der Waals surface area (Å²) < 4.78 is 16.5. The number of fused-ring (bicyclic) bond motifs is 9. The minimum Gasteiger partial charge on any atom is -0.662 e. The van der Waals surface area contributed by atoms with Gasteiger partial charge in [-0.3, -0.25) is 28.8 Å². The number of allylic oxidation sites excluding steroid dienone is 6. The Morgan fingerprint density at radius 2 is 1.06 bits per heavy atom. The number of carboxylic acid groups (broad SMARTS) is 3. The molecule has 0 aromatic rings. The SMILES string of the molecule is CC1(C(=O)O)CC/C=C\CCC1.CC1(C(=O)O)CC/C=C\CCC1.C[C@@]1(C(=O)O)CC/C=C\[C@H](O)CC1.C[C@@]12CC/C=C\C(CC1)OC2=O.C[C@@]12CCCC(I)C(CC1)OC2=O.O=CO[O-].[2H][B].[K+].[U]. The second-order valence-electron chi connectivity index (χ2n) is 20.1. The molecule has 4 N–H and O–H groups in total.